The van der Waals surface area contributed by atoms with Crippen molar-refractivity contribution >= 4 is 5.91 Å². The van der Waals surface area contributed by atoms with Crippen molar-refractivity contribution in [2.75, 3.05) is 0 Å². The van der Waals surface area contributed by atoms with Crippen LogP contribution in [0.2, 0.25) is 0 Å². The molecule has 3 nitrogen and oxygen atoms in total. The molecule has 2 rings (SSSR count). The van der Waals surface area contributed by atoms with Gasteiger partial charge in [0.15, 0.2) is 11.6 Å². The monoisotopic (exact) mass is 227 g/mol. The smallest absolute Gasteiger partial charge is 0.254 e. The van der Waals surface area contributed by atoms with E-state index in [1.165, 1.54) is 12.1 Å². The molecule has 5 heteroatoms. The molecule has 0 bridgehead atoms. The summed E-state index contributed by atoms with van der Waals surface area (Å²) in [6.07, 6.45) is 0.695. The Bertz CT molecular complexity index is 422. The minimum absolute atomic E-state index is 0.334. The van der Waals surface area contributed by atoms with Crippen LogP contribution >= 0.6 is 0 Å². The van der Waals surface area contributed by atoms with Crippen molar-refractivity contribution in [2.24, 2.45) is 0 Å². The van der Waals surface area contributed by atoms with Crippen molar-refractivity contribution in [3.63, 3.8) is 0 Å². The summed E-state index contributed by atoms with van der Waals surface area (Å²) >= 11 is 0. The first kappa shape index (κ1) is 11.0. The van der Waals surface area contributed by atoms with Crippen molar-refractivity contribution in [3.05, 3.63) is 35.4 Å². The van der Waals surface area contributed by atoms with Gasteiger partial charge in [-0.05, 0) is 25.0 Å². The summed E-state index contributed by atoms with van der Waals surface area (Å²) in [5.41, 5.74) is -0.334. The Morgan fingerprint density at radius 2 is 2.12 bits per heavy atom. The highest BCUT2D eigenvalue weighted by atomic mass is 19.2. The number of hydrogen-bond acceptors (Lipinski definition) is 2. The van der Waals surface area contributed by atoms with Gasteiger partial charge in [-0.3, -0.25) is 4.79 Å². The first-order valence-corrected chi connectivity index (χ1v) is 5.02. The summed E-state index contributed by atoms with van der Waals surface area (Å²) in [4.78, 5) is 11.5. The third-order valence-corrected chi connectivity index (χ3v) is 2.75. The molecule has 2 N–H and O–H groups in total. The first-order valence-electron chi connectivity index (χ1n) is 5.02. The predicted molar refractivity (Wildman–Crippen MR) is 52.9 cm³/mol. The Kier molecular flexibility index (Phi) is 2.87. The number of amides is 1. The molecule has 2 atom stereocenters. The van der Waals surface area contributed by atoms with E-state index in [-0.39, 0.29) is 11.6 Å². The van der Waals surface area contributed by atoms with E-state index in [9.17, 15) is 18.7 Å². The number of aliphatic hydroxyl groups excluding tert-OH is 1. The van der Waals surface area contributed by atoms with Gasteiger partial charge in [-0.15, -0.1) is 0 Å². The fourth-order valence-electron chi connectivity index (χ4n) is 1.58. The Morgan fingerprint density at radius 3 is 2.69 bits per heavy atom. The summed E-state index contributed by atoms with van der Waals surface area (Å²) in [6.45, 7) is 0. The maximum absolute atomic E-state index is 13.2. The number of benzene rings is 1. The maximum atomic E-state index is 13.2. The molecule has 1 aliphatic rings. The molecule has 1 amide bonds. The van der Waals surface area contributed by atoms with E-state index in [1.807, 2.05) is 0 Å². The molecule has 0 unspecified atom stereocenters. The third-order valence-electron chi connectivity index (χ3n) is 2.75. The Labute approximate surface area is 91.1 Å². The highest BCUT2D eigenvalue weighted by Gasteiger charge is 2.31. The second-order valence-corrected chi connectivity index (χ2v) is 3.83. The second-order valence-electron chi connectivity index (χ2n) is 3.83. The van der Waals surface area contributed by atoms with Gasteiger partial charge in [0.25, 0.3) is 5.91 Å². The van der Waals surface area contributed by atoms with Gasteiger partial charge in [-0.1, -0.05) is 6.07 Å². The lowest BCUT2D eigenvalue weighted by atomic mass is 9.89. The van der Waals surface area contributed by atoms with Crippen LogP contribution in [0.3, 0.4) is 0 Å². The zero-order valence-electron chi connectivity index (χ0n) is 8.41. The zero-order valence-corrected chi connectivity index (χ0v) is 8.41. The average molecular weight is 227 g/mol. The van der Waals surface area contributed by atoms with E-state index < -0.39 is 23.6 Å². The number of halogens is 2. The van der Waals surface area contributed by atoms with Crippen molar-refractivity contribution in [3.8, 4) is 0 Å². The van der Waals surface area contributed by atoms with Crippen LogP contribution in [0.25, 0.3) is 0 Å². The Balaban J connectivity index is 2.11. The summed E-state index contributed by atoms with van der Waals surface area (Å²) in [6, 6.07) is 3.07. The molecule has 1 aromatic carbocycles. The van der Waals surface area contributed by atoms with Crippen LogP contribution in [-0.2, 0) is 0 Å². The first-order chi connectivity index (χ1) is 7.59. The SMILES string of the molecule is O=C(N[C@@H]1CC[C@H]1O)c1cccc(F)c1F. The van der Waals surface area contributed by atoms with Gasteiger partial charge in [0.1, 0.15) is 0 Å². The molecular weight excluding hydrogens is 216 g/mol. The van der Waals surface area contributed by atoms with E-state index in [0.717, 1.165) is 6.07 Å². The van der Waals surface area contributed by atoms with Gasteiger partial charge in [-0.2, -0.15) is 0 Å². The number of hydrogen-bond donors (Lipinski definition) is 2. The number of aliphatic hydroxyl groups is 1. The van der Waals surface area contributed by atoms with Crippen molar-refractivity contribution in [2.45, 2.75) is 25.0 Å². The standard InChI is InChI=1S/C11H11F2NO2/c12-7-3-1-2-6(10(7)13)11(16)14-8-4-5-9(8)15/h1-3,8-9,15H,4-5H2,(H,14,16)/t8-,9-/m1/s1. The third kappa shape index (κ3) is 1.90. The van der Waals surface area contributed by atoms with Crippen LogP contribution in [0.1, 0.15) is 23.2 Å². The highest BCUT2D eigenvalue weighted by molar-refractivity contribution is 5.94. The molecule has 0 saturated heterocycles. The second kappa shape index (κ2) is 4.17. The van der Waals surface area contributed by atoms with Crippen molar-refractivity contribution in [1.29, 1.82) is 0 Å². The summed E-state index contributed by atoms with van der Waals surface area (Å²) < 4.78 is 26.1. The average Bonchev–Trinajstić information content (AvgIpc) is 2.27. The summed E-state index contributed by atoms with van der Waals surface area (Å²) in [5.74, 6) is -2.91. The summed E-state index contributed by atoms with van der Waals surface area (Å²) in [5, 5.41) is 11.7. The van der Waals surface area contributed by atoms with Crippen molar-refractivity contribution < 1.29 is 18.7 Å². The molecule has 0 spiro atoms. The van der Waals surface area contributed by atoms with Crippen LogP contribution in [0.4, 0.5) is 8.78 Å². The van der Waals surface area contributed by atoms with Gasteiger partial charge < -0.3 is 10.4 Å². The molecule has 1 fully saturated rings. The van der Waals surface area contributed by atoms with E-state index in [2.05, 4.69) is 5.32 Å². The van der Waals surface area contributed by atoms with Gasteiger partial charge >= 0.3 is 0 Å². The van der Waals surface area contributed by atoms with E-state index in [4.69, 9.17) is 0 Å². The van der Waals surface area contributed by atoms with Crippen molar-refractivity contribution in [1.82, 2.24) is 5.32 Å². The molecule has 0 aliphatic heterocycles. The highest BCUT2D eigenvalue weighted by Crippen LogP contribution is 2.20. The Hall–Kier alpha value is -1.49. The number of carbonyl (C=O) groups is 1. The molecule has 0 heterocycles. The molecule has 0 aromatic heterocycles. The minimum atomic E-state index is -1.16. The molecule has 86 valence electrons. The molecule has 1 saturated carbocycles. The van der Waals surface area contributed by atoms with Gasteiger partial charge in [0.2, 0.25) is 0 Å². The van der Waals surface area contributed by atoms with E-state index in [1.54, 1.807) is 0 Å². The lowest BCUT2D eigenvalue weighted by molar-refractivity contribution is 0.0445. The van der Waals surface area contributed by atoms with E-state index in [0.29, 0.717) is 12.8 Å². The van der Waals surface area contributed by atoms with Crippen LogP contribution in [0.15, 0.2) is 18.2 Å². The van der Waals surface area contributed by atoms with E-state index >= 15 is 0 Å². The topological polar surface area (TPSA) is 49.3 Å². The van der Waals surface area contributed by atoms with Crippen LogP contribution in [0.5, 0.6) is 0 Å². The van der Waals surface area contributed by atoms with Gasteiger partial charge in [0.05, 0.1) is 17.7 Å². The molecule has 1 aliphatic carbocycles. The molecule has 0 radical (unpaired) electrons. The summed E-state index contributed by atoms with van der Waals surface area (Å²) in [7, 11) is 0. The zero-order chi connectivity index (χ0) is 11.7. The fourth-order valence-corrected chi connectivity index (χ4v) is 1.58. The van der Waals surface area contributed by atoms with Gasteiger partial charge in [-0.25, -0.2) is 8.78 Å². The van der Waals surface area contributed by atoms with Crippen LogP contribution in [0, 0.1) is 11.6 Å². The quantitative estimate of drug-likeness (QED) is 0.798. The Morgan fingerprint density at radius 1 is 1.38 bits per heavy atom. The minimum Gasteiger partial charge on any atom is -0.391 e. The van der Waals surface area contributed by atoms with Crippen LogP contribution in [-0.4, -0.2) is 23.2 Å². The number of nitrogens with one attached hydrogen (secondary N) is 1. The van der Waals surface area contributed by atoms with Crippen LogP contribution < -0.4 is 5.32 Å². The predicted octanol–water partition coefficient (Wildman–Crippen LogP) is 1.22. The van der Waals surface area contributed by atoms with Gasteiger partial charge in [0, 0.05) is 0 Å². The lowest BCUT2D eigenvalue weighted by Gasteiger charge is -2.32. The molecule has 1 aromatic rings. The number of rotatable bonds is 2. The normalized spacial score (nSPS) is 23.7. The molecular formula is C11H11F2NO2. The maximum Gasteiger partial charge on any atom is 0.254 e. The largest absolute Gasteiger partial charge is 0.391 e. The fraction of sp³-hybridized carbons (Fsp3) is 0.364. The number of carbonyl (C=O) groups excluding carboxylic acids is 1. The molecule has 16 heavy (non-hydrogen) atoms. The lowest BCUT2D eigenvalue weighted by Crippen LogP contribution is -2.50.